The highest BCUT2D eigenvalue weighted by Crippen LogP contribution is 2.28. The van der Waals surface area contributed by atoms with Gasteiger partial charge in [-0.25, -0.2) is 9.97 Å². The number of H-pyrrole nitrogens is 1. The fourth-order valence-electron chi connectivity index (χ4n) is 3.45. The first-order valence-electron chi connectivity index (χ1n) is 9.09. The van der Waals surface area contributed by atoms with Crippen molar-refractivity contribution in [3.05, 3.63) is 36.0 Å². The molecule has 3 aromatic rings. The molecule has 1 saturated heterocycles. The van der Waals surface area contributed by atoms with Gasteiger partial charge >= 0.3 is 0 Å². The summed E-state index contributed by atoms with van der Waals surface area (Å²) in [6.07, 6.45) is 1.88. The standard InChI is InChI=1S/C20H26N6/c1-14-11-16(26-9-7-25(4)8-10-26)12-17-19(14)23-20(22-17)15-5-6-18(21-13-15)24(2)3/h5-6,11-13H,7-10H2,1-4H3,(H,22,23). The van der Waals surface area contributed by atoms with E-state index in [-0.39, 0.29) is 0 Å². The van der Waals surface area contributed by atoms with Crippen molar-refractivity contribution in [2.45, 2.75) is 6.92 Å². The zero-order valence-corrected chi connectivity index (χ0v) is 16.0. The highest BCUT2D eigenvalue weighted by atomic mass is 15.2. The Morgan fingerprint density at radius 2 is 1.85 bits per heavy atom. The molecule has 0 radical (unpaired) electrons. The summed E-state index contributed by atoms with van der Waals surface area (Å²) in [4.78, 5) is 19.6. The number of nitrogens with zero attached hydrogens (tertiary/aromatic N) is 5. The number of anilines is 2. The van der Waals surface area contributed by atoms with E-state index in [9.17, 15) is 0 Å². The summed E-state index contributed by atoms with van der Waals surface area (Å²) in [5, 5.41) is 0. The molecule has 1 fully saturated rings. The third kappa shape index (κ3) is 3.12. The Labute approximate surface area is 154 Å². The Kier molecular flexibility index (Phi) is 4.28. The SMILES string of the molecule is Cc1cc(N2CCN(C)CC2)cc2[nH]c(-c3ccc(N(C)C)nc3)nc12. The number of pyridine rings is 1. The first kappa shape index (κ1) is 16.8. The normalized spacial score (nSPS) is 15.6. The van der Waals surface area contributed by atoms with E-state index in [4.69, 9.17) is 4.98 Å². The van der Waals surface area contributed by atoms with Gasteiger partial charge < -0.3 is 19.7 Å². The molecule has 0 unspecified atom stereocenters. The third-order valence-electron chi connectivity index (χ3n) is 5.11. The van der Waals surface area contributed by atoms with Crippen LogP contribution in [-0.4, -0.2) is 67.2 Å². The van der Waals surface area contributed by atoms with Crippen molar-refractivity contribution in [2.24, 2.45) is 0 Å². The van der Waals surface area contributed by atoms with Gasteiger partial charge in [0.25, 0.3) is 0 Å². The zero-order chi connectivity index (χ0) is 18.3. The van der Waals surface area contributed by atoms with Gasteiger partial charge in [0, 0.05) is 57.7 Å². The number of aromatic amines is 1. The number of aromatic nitrogens is 3. The van der Waals surface area contributed by atoms with Crippen LogP contribution < -0.4 is 9.80 Å². The molecule has 1 aliphatic rings. The van der Waals surface area contributed by atoms with Crippen LogP contribution in [0.25, 0.3) is 22.4 Å². The van der Waals surface area contributed by atoms with E-state index in [0.717, 1.165) is 54.4 Å². The molecule has 6 nitrogen and oxygen atoms in total. The molecular weight excluding hydrogens is 324 g/mol. The summed E-state index contributed by atoms with van der Waals surface area (Å²) in [6, 6.07) is 8.57. The van der Waals surface area contributed by atoms with Crippen LogP contribution in [0.3, 0.4) is 0 Å². The minimum Gasteiger partial charge on any atom is -0.369 e. The summed E-state index contributed by atoms with van der Waals surface area (Å²) in [6.45, 7) is 6.49. The molecule has 26 heavy (non-hydrogen) atoms. The third-order valence-corrected chi connectivity index (χ3v) is 5.11. The molecule has 1 aliphatic heterocycles. The van der Waals surface area contributed by atoms with Gasteiger partial charge in [0.2, 0.25) is 0 Å². The van der Waals surface area contributed by atoms with Gasteiger partial charge in [0.15, 0.2) is 0 Å². The van der Waals surface area contributed by atoms with Gasteiger partial charge in [-0.2, -0.15) is 0 Å². The maximum Gasteiger partial charge on any atom is 0.140 e. The lowest BCUT2D eigenvalue weighted by Gasteiger charge is -2.34. The average molecular weight is 350 g/mol. The highest BCUT2D eigenvalue weighted by Gasteiger charge is 2.17. The topological polar surface area (TPSA) is 51.3 Å². The smallest absolute Gasteiger partial charge is 0.140 e. The molecule has 0 atom stereocenters. The Balaban J connectivity index is 1.67. The van der Waals surface area contributed by atoms with Crippen molar-refractivity contribution in [1.29, 1.82) is 0 Å². The number of likely N-dealkylation sites (N-methyl/N-ethyl adjacent to an activating group) is 1. The van der Waals surface area contributed by atoms with Crippen LogP contribution in [0.15, 0.2) is 30.5 Å². The fraction of sp³-hybridized carbons (Fsp3) is 0.400. The van der Waals surface area contributed by atoms with Crippen LogP contribution in [0.2, 0.25) is 0 Å². The van der Waals surface area contributed by atoms with Crippen LogP contribution >= 0.6 is 0 Å². The van der Waals surface area contributed by atoms with Crippen molar-refractivity contribution in [1.82, 2.24) is 19.9 Å². The maximum absolute atomic E-state index is 4.82. The van der Waals surface area contributed by atoms with Crippen molar-refractivity contribution in [3.63, 3.8) is 0 Å². The Morgan fingerprint density at radius 1 is 1.08 bits per heavy atom. The summed E-state index contributed by atoms with van der Waals surface area (Å²) < 4.78 is 0. The summed E-state index contributed by atoms with van der Waals surface area (Å²) in [7, 11) is 6.17. The summed E-state index contributed by atoms with van der Waals surface area (Å²) >= 11 is 0. The molecule has 0 saturated carbocycles. The van der Waals surface area contributed by atoms with Crippen LogP contribution in [0.1, 0.15) is 5.56 Å². The maximum atomic E-state index is 4.82. The Bertz CT molecular complexity index is 904. The molecule has 0 bridgehead atoms. The number of imidazole rings is 1. The Hall–Kier alpha value is -2.60. The van der Waals surface area contributed by atoms with Gasteiger partial charge in [-0.3, -0.25) is 0 Å². The quantitative estimate of drug-likeness (QED) is 0.787. The molecule has 1 N–H and O–H groups in total. The molecule has 2 aromatic heterocycles. The molecule has 0 aliphatic carbocycles. The van der Waals surface area contributed by atoms with E-state index >= 15 is 0 Å². The highest BCUT2D eigenvalue weighted by molar-refractivity contribution is 5.86. The number of rotatable bonds is 3. The number of fused-ring (bicyclic) bond motifs is 1. The van der Waals surface area contributed by atoms with Gasteiger partial charge in [0.1, 0.15) is 11.6 Å². The largest absolute Gasteiger partial charge is 0.369 e. The Morgan fingerprint density at radius 3 is 2.50 bits per heavy atom. The van der Waals surface area contributed by atoms with Crippen molar-refractivity contribution < 1.29 is 0 Å². The monoisotopic (exact) mass is 350 g/mol. The van der Waals surface area contributed by atoms with E-state index < -0.39 is 0 Å². The number of nitrogens with one attached hydrogen (secondary N) is 1. The number of benzene rings is 1. The minimum atomic E-state index is 0.872. The van der Waals surface area contributed by atoms with E-state index in [1.165, 1.54) is 11.3 Å². The average Bonchev–Trinajstić information content (AvgIpc) is 3.07. The van der Waals surface area contributed by atoms with E-state index in [0.29, 0.717) is 0 Å². The molecule has 0 amide bonds. The van der Waals surface area contributed by atoms with Crippen molar-refractivity contribution >= 4 is 22.5 Å². The zero-order valence-electron chi connectivity index (χ0n) is 16.0. The number of aryl methyl sites for hydroxylation is 1. The fourth-order valence-corrected chi connectivity index (χ4v) is 3.45. The van der Waals surface area contributed by atoms with E-state index in [2.05, 4.69) is 51.9 Å². The van der Waals surface area contributed by atoms with Gasteiger partial charge in [0.05, 0.1) is 11.0 Å². The lowest BCUT2D eigenvalue weighted by atomic mass is 10.1. The van der Waals surface area contributed by atoms with Crippen molar-refractivity contribution in [3.8, 4) is 11.4 Å². The van der Waals surface area contributed by atoms with Crippen LogP contribution in [0.5, 0.6) is 0 Å². The number of hydrogen-bond acceptors (Lipinski definition) is 5. The van der Waals surface area contributed by atoms with Crippen LogP contribution in [0, 0.1) is 6.92 Å². The van der Waals surface area contributed by atoms with E-state index in [1.807, 2.05) is 31.3 Å². The molecule has 0 spiro atoms. The van der Waals surface area contributed by atoms with Crippen LogP contribution in [0.4, 0.5) is 11.5 Å². The van der Waals surface area contributed by atoms with Gasteiger partial charge in [-0.05, 0) is 43.8 Å². The summed E-state index contributed by atoms with van der Waals surface area (Å²) in [5.74, 6) is 1.81. The second-order valence-electron chi connectivity index (χ2n) is 7.33. The first-order valence-corrected chi connectivity index (χ1v) is 9.09. The van der Waals surface area contributed by atoms with Gasteiger partial charge in [-0.15, -0.1) is 0 Å². The predicted octanol–water partition coefficient (Wildman–Crippen LogP) is 2.75. The molecule has 3 heterocycles. The molecular formula is C20H26N6. The number of piperazine rings is 1. The second-order valence-corrected chi connectivity index (χ2v) is 7.33. The summed E-state index contributed by atoms with van der Waals surface area (Å²) in [5.41, 5.74) is 5.61. The number of hydrogen-bond donors (Lipinski definition) is 1. The molecule has 1 aromatic carbocycles. The van der Waals surface area contributed by atoms with Gasteiger partial charge in [-0.1, -0.05) is 0 Å². The van der Waals surface area contributed by atoms with E-state index in [1.54, 1.807) is 0 Å². The lowest BCUT2D eigenvalue weighted by molar-refractivity contribution is 0.313. The van der Waals surface area contributed by atoms with Crippen LogP contribution in [-0.2, 0) is 0 Å². The minimum absolute atomic E-state index is 0.872. The predicted molar refractivity (Wildman–Crippen MR) is 108 cm³/mol. The molecule has 6 heteroatoms. The van der Waals surface area contributed by atoms with Crippen molar-refractivity contribution in [2.75, 3.05) is 57.1 Å². The molecule has 136 valence electrons. The molecule has 4 rings (SSSR count). The first-order chi connectivity index (χ1) is 12.5. The lowest BCUT2D eigenvalue weighted by Crippen LogP contribution is -2.44. The second kappa shape index (κ2) is 6.61.